The molecule has 2 aliphatic heterocycles. The first-order valence-corrected chi connectivity index (χ1v) is 10.7. The van der Waals surface area contributed by atoms with Crippen LogP contribution in [0.25, 0.3) is 0 Å². The summed E-state index contributed by atoms with van der Waals surface area (Å²) in [5.41, 5.74) is 0. The normalized spacial score (nSPS) is 20.6. The van der Waals surface area contributed by atoms with E-state index in [1.807, 2.05) is 35.2 Å². The second-order valence-corrected chi connectivity index (χ2v) is 7.79. The Kier molecular flexibility index (Phi) is 7.71. The number of hydrogen-bond acceptors (Lipinski definition) is 4. The summed E-state index contributed by atoms with van der Waals surface area (Å²) < 4.78 is 5.60. The van der Waals surface area contributed by atoms with Crippen molar-refractivity contribution in [3.05, 3.63) is 30.3 Å². The number of piperidine rings is 2. The number of carbonyl (C=O) groups excluding carboxylic acids is 2. The molecule has 0 saturated carbocycles. The molecule has 6 heteroatoms. The highest BCUT2D eigenvalue weighted by Gasteiger charge is 2.34. The summed E-state index contributed by atoms with van der Waals surface area (Å²) in [6, 6.07) is 9.72. The van der Waals surface area contributed by atoms with Gasteiger partial charge in [0.15, 0.2) is 6.61 Å². The molecule has 1 aromatic carbocycles. The molecule has 28 heavy (non-hydrogen) atoms. The van der Waals surface area contributed by atoms with Crippen LogP contribution in [0.1, 0.15) is 39.0 Å². The monoisotopic (exact) mass is 387 g/mol. The van der Waals surface area contributed by atoms with Gasteiger partial charge in [-0.2, -0.15) is 0 Å². The quantitative estimate of drug-likeness (QED) is 0.780. The van der Waals surface area contributed by atoms with Gasteiger partial charge in [0.2, 0.25) is 5.91 Å². The van der Waals surface area contributed by atoms with Crippen LogP contribution in [-0.4, -0.2) is 67.0 Å². The largest absolute Gasteiger partial charge is 0.484 e. The fourth-order valence-corrected chi connectivity index (χ4v) is 4.22. The molecular formula is C22H33N3O3. The maximum Gasteiger partial charge on any atom is 0.260 e. The zero-order valence-corrected chi connectivity index (χ0v) is 16.9. The molecule has 0 aliphatic carbocycles. The number of ether oxygens (including phenoxy) is 1. The Morgan fingerprint density at radius 2 is 1.93 bits per heavy atom. The van der Waals surface area contributed by atoms with E-state index in [4.69, 9.17) is 4.74 Å². The van der Waals surface area contributed by atoms with E-state index in [9.17, 15) is 9.59 Å². The van der Waals surface area contributed by atoms with Crippen molar-refractivity contribution >= 4 is 11.8 Å². The Hall–Kier alpha value is -2.08. The van der Waals surface area contributed by atoms with Crippen LogP contribution in [0.15, 0.2) is 30.3 Å². The smallest absolute Gasteiger partial charge is 0.260 e. The first-order valence-electron chi connectivity index (χ1n) is 10.7. The first kappa shape index (κ1) is 20.6. The molecule has 1 atom stereocenters. The number of nitrogens with zero attached hydrogens (tertiary/aromatic N) is 2. The zero-order chi connectivity index (χ0) is 19.8. The topological polar surface area (TPSA) is 61.9 Å². The minimum Gasteiger partial charge on any atom is -0.484 e. The van der Waals surface area contributed by atoms with Gasteiger partial charge < -0.3 is 19.9 Å². The van der Waals surface area contributed by atoms with Crippen molar-refractivity contribution in [1.29, 1.82) is 0 Å². The molecular weight excluding hydrogens is 354 g/mol. The van der Waals surface area contributed by atoms with Crippen LogP contribution in [0.5, 0.6) is 5.75 Å². The first-order chi connectivity index (χ1) is 13.7. The van der Waals surface area contributed by atoms with E-state index in [1.54, 1.807) is 0 Å². The average Bonchev–Trinajstić information content (AvgIpc) is 2.76. The molecule has 2 heterocycles. The summed E-state index contributed by atoms with van der Waals surface area (Å²) in [6.07, 6.45) is 4.75. The molecule has 2 aliphatic rings. The molecule has 2 fully saturated rings. The highest BCUT2D eigenvalue weighted by atomic mass is 16.5. The number of para-hydroxylation sites is 1. The molecule has 154 valence electrons. The lowest BCUT2D eigenvalue weighted by atomic mass is 9.94. The summed E-state index contributed by atoms with van der Waals surface area (Å²) in [5, 5.41) is 3.37. The van der Waals surface area contributed by atoms with E-state index in [0.29, 0.717) is 24.9 Å². The number of amides is 2. The molecule has 0 radical (unpaired) electrons. The van der Waals surface area contributed by atoms with E-state index in [1.165, 1.54) is 0 Å². The predicted molar refractivity (Wildman–Crippen MR) is 109 cm³/mol. The highest BCUT2D eigenvalue weighted by molar-refractivity contribution is 5.82. The third kappa shape index (κ3) is 5.47. The molecule has 2 amide bonds. The number of benzene rings is 1. The summed E-state index contributed by atoms with van der Waals surface area (Å²) in [4.78, 5) is 29.8. The van der Waals surface area contributed by atoms with E-state index in [2.05, 4.69) is 17.1 Å². The van der Waals surface area contributed by atoms with Crippen LogP contribution in [0.3, 0.4) is 0 Å². The summed E-state index contributed by atoms with van der Waals surface area (Å²) in [6.45, 7) is 6.14. The molecule has 1 N–H and O–H groups in total. The van der Waals surface area contributed by atoms with E-state index in [0.717, 1.165) is 51.7 Å². The van der Waals surface area contributed by atoms with Crippen molar-refractivity contribution in [2.45, 2.75) is 45.1 Å². The van der Waals surface area contributed by atoms with Crippen molar-refractivity contribution in [1.82, 2.24) is 15.1 Å². The van der Waals surface area contributed by atoms with E-state index >= 15 is 0 Å². The zero-order valence-electron chi connectivity index (χ0n) is 16.9. The minimum atomic E-state index is -0.0872. The average molecular weight is 388 g/mol. The second-order valence-electron chi connectivity index (χ2n) is 7.79. The number of carbonyl (C=O) groups is 2. The fourth-order valence-electron chi connectivity index (χ4n) is 4.22. The van der Waals surface area contributed by atoms with Crippen molar-refractivity contribution in [3.63, 3.8) is 0 Å². The van der Waals surface area contributed by atoms with Crippen LogP contribution >= 0.6 is 0 Å². The third-order valence-electron chi connectivity index (χ3n) is 5.73. The number of rotatable bonds is 7. The second kappa shape index (κ2) is 10.5. The lowest BCUT2D eigenvalue weighted by molar-refractivity contribution is -0.143. The molecule has 0 bridgehead atoms. The number of likely N-dealkylation sites (tertiary alicyclic amines) is 1. The van der Waals surface area contributed by atoms with Crippen LogP contribution in [-0.2, 0) is 9.59 Å². The molecule has 2 saturated heterocycles. The Labute approximate surface area is 168 Å². The van der Waals surface area contributed by atoms with Crippen molar-refractivity contribution in [3.8, 4) is 5.75 Å². The van der Waals surface area contributed by atoms with Gasteiger partial charge in [-0.1, -0.05) is 25.1 Å². The van der Waals surface area contributed by atoms with Gasteiger partial charge in [-0.25, -0.2) is 0 Å². The predicted octanol–water partition coefficient (Wildman–Crippen LogP) is 2.29. The third-order valence-corrected chi connectivity index (χ3v) is 5.73. The van der Waals surface area contributed by atoms with Gasteiger partial charge in [-0.15, -0.1) is 0 Å². The lowest BCUT2D eigenvalue weighted by Crippen LogP contribution is -2.52. The number of nitrogens with one attached hydrogen (secondary N) is 1. The molecule has 6 nitrogen and oxygen atoms in total. The minimum absolute atomic E-state index is 0.0257. The standard InChI is InChI=1S/C22H33N3O3/c1-2-14-25(19-10-12-23-13-11-19)22(27)18-7-6-15-24(16-18)21(26)17-28-20-8-4-3-5-9-20/h3-5,8-9,18-19,23H,2,6-7,10-17H2,1H3. The summed E-state index contributed by atoms with van der Waals surface area (Å²) in [5.74, 6) is 0.803. The Balaban J connectivity index is 1.56. The van der Waals surface area contributed by atoms with Gasteiger partial charge in [-0.05, 0) is 57.3 Å². The summed E-state index contributed by atoms with van der Waals surface area (Å²) in [7, 11) is 0. The van der Waals surface area contributed by atoms with Gasteiger partial charge in [0.25, 0.3) is 5.91 Å². The number of hydrogen-bond donors (Lipinski definition) is 1. The molecule has 0 spiro atoms. The SMILES string of the molecule is CCCN(C(=O)C1CCCN(C(=O)COc2ccccc2)C1)C1CCNCC1. The van der Waals surface area contributed by atoms with Gasteiger partial charge in [0.05, 0.1) is 5.92 Å². The fraction of sp³-hybridized carbons (Fsp3) is 0.636. The molecule has 0 aromatic heterocycles. The van der Waals surface area contributed by atoms with Crippen LogP contribution in [0.4, 0.5) is 0 Å². The Morgan fingerprint density at radius 1 is 1.18 bits per heavy atom. The van der Waals surface area contributed by atoms with Crippen molar-refractivity contribution in [2.24, 2.45) is 5.92 Å². The maximum absolute atomic E-state index is 13.3. The summed E-state index contributed by atoms with van der Waals surface area (Å²) >= 11 is 0. The van der Waals surface area contributed by atoms with Crippen LogP contribution in [0.2, 0.25) is 0 Å². The van der Waals surface area contributed by atoms with Crippen molar-refractivity contribution in [2.75, 3.05) is 39.3 Å². The van der Waals surface area contributed by atoms with Gasteiger partial charge in [0.1, 0.15) is 5.75 Å². The van der Waals surface area contributed by atoms with E-state index < -0.39 is 0 Å². The molecule has 3 rings (SSSR count). The van der Waals surface area contributed by atoms with Gasteiger partial charge in [-0.3, -0.25) is 9.59 Å². The van der Waals surface area contributed by atoms with Crippen LogP contribution in [0, 0.1) is 5.92 Å². The lowest BCUT2D eigenvalue weighted by Gasteiger charge is -2.39. The van der Waals surface area contributed by atoms with E-state index in [-0.39, 0.29) is 24.3 Å². The van der Waals surface area contributed by atoms with Crippen LogP contribution < -0.4 is 10.1 Å². The maximum atomic E-state index is 13.3. The van der Waals surface area contributed by atoms with Crippen molar-refractivity contribution < 1.29 is 14.3 Å². The van der Waals surface area contributed by atoms with Gasteiger partial charge >= 0.3 is 0 Å². The molecule has 1 aromatic rings. The van der Waals surface area contributed by atoms with Gasteiger partial charge in [0, 0.05) is 25.7 Å². The Morgan fingerprint density at radius 3 is 2.64 bits per heavy atom. The highest BCUT2D eigenvalue weighted by Crippen LogP contribution is 2.23. The Bertz CT molecular complexity index is 631. The molecule has 1 unspecified atom stereocenters.